The van der Waals surface area contributed by atoms with Gasteiger partial charge in [-0.15, -0.1) is 0 Å². The van der Waals surface area contributed by atoms with Gasteiger partial charge in [-0.25, -0.2) is 0 Å². The van der Waals surface area contributed by atoms with Gasteiger partial charge in [0.15, 0.2) is 18.1 Å². The lowest BCUT2D eigenvalue weighted by Gasteiger charge is -2.39. The molecule has 0 saturated carbocycles. The maximum absolute atomic E-state index is 12.7. The summed E-state index contributed by atoms with van der Waals surface area (Å²) in [6.45, 7) is 4.06. The minimum absolute atomic E-state index is 0.0481. The fourth-order valence-electron chi connectivity index (χ4n) is 4.42. The van der Waals surface area contributed by atoms with Crippen molar-refractivity contribution in [3.05, 3.63) is 59.2 Å². The maximum atomic E-state index is 12.7. The molecule has 3 amide bonds. The van der Waals surface area contributed by atoms with Gasteiger partial charge >= 0.3 is 0 Å². The molecule has 1 fully saturated rings. The number of carbonyl (C=O) groups excluding carboxylic acids is 3. The monoisotopic (exact) mass is 449 g/mol. The Hall–Kier alpha value is -3.68. The molecule has 2 aromatic rings. The number of nitrogens with zero attached hydrogens (tertiary/aromatic N) is 3. The quantitative estimate of drug-likeness (QED) is 0.498. The number of rotatable bonds is 6. The van der Waals surface area contributed by atoms with Gasteiger partial charge in [-0.05, 0) is 69.0 Å². The van der Waals surface area contributed by atoms with Gasteiger partial charge in [0.1, 0.15) is 0 Å². The Morgan fingerprint density at radius 2 is 1.67 bits per heavy atom. The smallest absolute Gasteiger partial charge is 0.282 e. The first-order valence-corrected chi connectivity index (χ1v) is 11.0. The summed E-state index contributed by atoms with van der Waals surface area (Å²) in [5, 5.41) is 4.93. The molecule has 0 N–H and O–H groups in total. The molecule has 2 aliphatic rings. The highest BCUT2D eigenvalue weighted by atomic mass is 16.5. The molecule has 2 heterocycles. The molecular weight excluding hydrogens is 422 g/mol. The summed E-state index contributed by atoms with van der Waals surface area (Å²) in [6.07, 6.45) is 4.54. The van der Waals surface area contributed by atoms with Crippen LogP contribution in [0, 0.1) is 0 Å². The molecule has 0 aliphatic carbocycles. The molecule has 0 spiro atoms. The Kier molecular flexibility index (Phi) is 6.44. The van der Waals surface area contributed by atoms with Crippen molar-refractivity contribution in [2.24, 2.45) is 5.10 Å². The van der Waals surface area contributed by atoms with Crippen LogP contribution in [0.25, 0.3) is 0 Å². The Morgan fingerprint density at radius 1 is 1.03 bits per heavy atom. The number of carbonyl (C=O) groups is 3. The first kappa shape index (κ1) is 22.5. The molecule has 8 heteroatoms. The van der Waals surface area contributed by atoms with Crippen LogP contribution in [-0.4, -0.2) is 59.6 Å². The van der Waals surface area contributed by atoms with E-state index in [-0.39, 0.29) is 24.6 Å². The SMILES string of the molecule is COc1cc(C=NN2C(=O)c3ccccc3C2=O)ccc1OCC(=O)N1C(C)CCCC1C. The minimum atomic E-state index is -0.460. The zero-order valence-corrected chi connectivity index (χ0v) is 19.0. The largest absolute Gasteiger partial charge is 0.493 e. The highest BCUT2D eigenvalue weighted by Crippen LogP contribution is 2.29. The first-order valence-electron chi connectivity index (χ1n) is 11.0. The average Bonchev–Trinajstić information content (AvgIpc) is 3.06. The summed E-state index contributed by atoms with van der Waals surface area (Å²) in [7, 11) is 1.50. The zero-order chi connectivity index (χ0) is 23.5. The third kappa shape index (κ3) is 4.46. The van der Waals surface area contributed by atoms with Crippen LogP contribution in [0.3, 0.4) is 0 Å². The third-order valence-electron chi connectivity index (χ3n) is 6.12. The van der Waals surface area contributed by atoms with E-state index in [9.17, 15) is 14.4 Å². The van der Waals surface area contributed by atoms with E-state index in [0.717, 1.165) is 24.3 Å². The van der Waals surface area contributed by atoms with Crippen molar-refractivity contribution in [1.29, 1.82) is 0 Å². The van der Waals surface area contributed by atoms with E-state index < -0.39 is 11.8 Å². The van der Waals surface area contributed by atoms with Gasteiger partial charge in [0.25, 0.3) is 17.7 Å². The van der Waals surface area contributed by atoms with Gasteiger partial charge in [0.05, 0.1) is 24.5 Å². The van der Waals surface area contributed by atoms with E-state index in [4.69, 9.17) is 9.47 Å². The molecule has 2 aromatic carbocycles. The molecule has 2 unspecified atom stereocenters. The van der Waals surface area contributed by atoms with E-state index in [0.29, 0.717) is 28.2 Å². The second-order valence-electron chi connectivity index (χ2n) is 8.34. The zero-order valence-electron chi connectivity index (χ0n) is 19.0. The van der Waals surface area contributed by atoms with Gasteiger partial charge in [0, 0.05) is 12.1 Å². The van der Waals surface area contributed by atoms with Crippen molar-refractivity contribution >= 4 is 23.9 Å². The van der Waals surface area contributed by atoms with Crippen molar-refractivity contribution in [1.82, 2.24) is 9.91 Å². The van der Waals surface area contributed by atoms with Gasteiger partial charge < -0.3 is 14.4 Å². The molecule has 4 rings (SSSR count). The number of benzene rings is 2. The first-order chi connectivity index (χ1) is 15.9. The molecular formula is C25H27N3O5. The Bertz CT molecular complexity index is 1070. The Morgan fingerprint density at radius 3 is 2.27 bits per heavy atom. The Labute approximate surface area is 192 Å². The van der Waals surface area contributed by atoms with E-state index >= 15 is 0 Å². The lowest BCUT2D eigenvalue weighted by atomic mass is 9.97. The van der Waals surface area contributed by atoms with Crippen LogP contribution >= 0.6 is 0 Å². The summed E-state index contributed by atoms with van der Waals surface area (Å²) >= 11 is 0. The second kappa shape index (κ2) is 9.44. The van der Waals surface area contributed by atoms with Crippen molar-refractivity contribution in [2.75, 3.05) is 13.7 Å². The summed E-state index contributed by atoms with van der Waals surface area (Å²) in [5.41, 5.74) is 1.28. The molecule has 0 bridgehead atoms. The number of piperidine rings is 1. The number of methoxy groups -OCH3 is 1. The highest BCUT2D eigenvalue weighted by molar-refractivity contribution is 6.21. The maximum Gasteiger partial charge on any atom is 0.282 e. The van der Waals surface area contributed by atoms with Crippen LogP contribution in [0.5, 0.6) is 11.5 Å². The molecule has 2 aliphatic heterocycles. The standard InChI is InChI=1S/C25H27N3O5/c1-16-7-6-8-17(2)27(16)23(29)15-33-21-12-11-18(13-22(21)32-3)14-26-28-24(30)19-9-4-5-10-20(19)25(28)31/h4-5,9-14,16-17H,6-8,15H2,1-3H3. The van der Waals surface area contributed by atoms with E-state index in [1.165, 1.54) is 13.3 Å². The number of likely N-dealkylation sites (tertiary alicyclic amines) is 1. The number of hydrogen-bond donors (Lipinski definition) is 0. The van der Waals surface area contributed by atoms with Gasteiger partial charge in [0.2, 0.25) is 0 Å². The summed E-state index contributed by atoms with van der Waals surface area (Å²) < 4.78 is 11.2. The molecule has 0 radical (unpaired) electrons. The molecule has 8 nitrogen and oxygen atoms in total. The van der Waals surface area contributed by atoms with Crippen LogP contribution in [0.2, 0.25) is 0 Å². The van der Waals surface area contributed by atoms with Gasteiger partial charge in [-0.3, -0.25) is 14.4 Å². The highest BCUT2D eigenvalue weighted by Gasteiger charge is 2.35. The predicted molar refractivity (Wildman–Crippen MR) is 123 cm³/mol. The van der Waals surface area contributed by atoms with E-state index in [2.05, 4.69) is 18.9 Å². The summed E-state index contributed by atoms with van der Waals surface area (Å²) in [6, 6.07) is 12.1. The van der Waals surface area contributed by atoms with Crippen LogP contribution in [0.1, 0.15) is 59.4 Å². The van der Waals surface area contributed by atoms with Crippen molar-refractivity contribution in [3.63, 3.8) is 0 Å². The number of ether oxygens (including phenoxy) is 2. The van der Waals surface area contributed by atoms with Crippen molar-refractivity contribution in [3.8, 4) is 11.5 Å². The molecule has 2 atom stereocenters. The Balaban J connectivity index is 1.44. The van der Waals surface area contributed by atoms with Gasteiger partial charge in [-0.2, -0.15) is 10.1 Å². The number of amides is 3. The number of fused-ring (bicyclic) bond motifs is 1. The molecule has 172 valence electrons. The molecule has 0 aromatic heterocycles. The lowest BCUT2D eigenvalue weighted by molar-refractivity contribution is -0.139. The average molecular weight is 450 g/mol. The topological polar surface area (TPSA) is 88.5 Å². The number of hydrazone groups is 1. The van der Waals surface area contributed by atoms with Crippen LogP contribution in [0.15, 0.2) is 47.6 Å². The van der Waals surface area contributed by atoms with E-state index in [1.54, 1.807) is 42.5 Å². The molecule has 33 heavy (non-hydrogen) atoms. The minimum Gasteiger partial charge on any atom is -0.493 e. The fourth-order valence-corrected chi connectivity index (χ4v) is 4.42. The molecule has 1 saturated heterocycles. The number of hydrogen-bond acceptors (Lipinski definition) is 6. The summed E-state index contributed by atoms with van der Waals surface area (Å²) in [4.78, 5) is 39.5. The van der Waals surface area contributed by atoms with Crippen LogP contribution in [0.4, 0.5) is 0 Å². The fraction of sp³-hybridized carbons (Fsp3) is 0.360. The van der Waals surface area contributed by atoms with Crippen molar-refractivity contribution < 1.29 is 23.9 Å². The second-order valence-corrected chi connectivity index (χ2v) is 8.34. The number of imide groups is 1. The van der Waals surface area contributed by atoms with Crippen LogP contribution in [-0.2, 0) is 4.79 Å². The third-order valence-corrected chi connectivity index (χ3v) is 6.12. The van der Waals surface area contributed by atoms with E-state index in [1.807, 2.05) is 4.90 Å². The van der Waals surface area contributed by atoms with Crippen LogP contribution < -0.4 is 9.47 Å². The lowest BCUT2D eigenvalue weighted by Crippen LogP contribution is -2.49. The normalized spacial score (nSPS) is 20.3. The summed E-state index contributed by atoms with van der Waals surface area (Å²) in [5.74, 6) is -0.111. The predicted octanol–water partition coefficient (Wildman–Crippen LogP) is 3.49. The van der Waals surface area contributed by atoms with Gasteiger partial charge in [-0.1, -0.05) is 12.1 Å². The van der Waals surface area contributed by atoms with Crippen molar-refractivity contribution in [2.45, 2.75) is 45.2 Å².